The molecule has 2 aromatic carbocycles. The molecule has 1 aliphatic rings. The van der Waals surface area contributed by atoms with Gasteiger partial charge in [-0.2, -0.15) is 10.5 Å². The molecular formula is C45H31N9O7S2. The van der Waals surface area contributed by atoms with Crippen LogP contribution < -0.4 is 31.3 Å². The molecule has 1 aliphatic heterocycles. The van der Waals surface area contributed by atoms with Crippen LogP contribution in [-0.4, -0.2) is 32.9 Å². The molecular weight excluding hydrogens is 843 g/mol. The Morgan fingerprint density at radius 3 is 1.62 bits per heavy atom. The fourth-order valence-electron chi connectivity index (χ4n) is 6.10. The molecule has 0 aliphatic carbocycles. The Bertz CT molecular complexity index is 2960. The van der Waals surface area contributed by atoms with E-state index in [-0.39, 0.29) is 42.4 Å². The second-order valence-corrected chi connectivity index (χ2v) is 15.1. The highest BCUT2D eigenvalue weighted by molar-refractivity contribution is 7.13. The molecule has 18 heteroatoms. The third kappa shape index (κ3) is 9.75. The Morgan fingerprint density at radius 1 is 0.714 bits per heavy atom. The number of hydrazine groups is 2. The number of hydrogen-bond donors (Lipinski definition) is 5. The molecule has 0 saturated heterocycles. The highest BCUT2D eigenvalue weighted by atomic mass is 32.1. The summed E-state index contributed by atoms with van der Waals surface area (Å²) in [4.78, 5) is 34.4. The third-order valence-electron chi connectivity index (χ3n) is 9.21. The zero-order valence-electron chi connectivity index (χ0n) is 32.6. The standard InChI is InChI=1S/C23H17N7O3S.C22H14N2O4S/c24-11-18-17(16-7-8-32-13-16)10-19(20-2-1-9-34-20)25-22(18)33-12-14-3-5-15(6-4-14)21(31)26-23-27-29-30-28-23;23-11-18-17(16-7-8-27-13-16)10-19(20-2-1-9-29-20)24-21(18)28-12-14-3-5-15(6-4-14)22(25)26/h1-10,13,29-30H,12H2,(H2,26,27,28,31);1-10,13H,12H2,(H,25,26). The number of benzene rings is 2. The predicted octanol–water partition coefficient (Wildman–Crippen LogP) is 8.35. The van der Waals surface area contributed by atoms with Crippen LogP contribution in [-0.2, 0) is 13.2 Å². The minimum Gasteiger partial charge on any atom is -0.478 e. The average molecular weight is 874 g/mol. The van der Waals surface area contributed by atoms with Crippen molar-refractivity contribution in [3.63, 3.8) is 0 Å². The number of nitriles is 2. The molecule has 0 bridgehead atoms. The number of thiophene rings is 2. The van der Waals surface area contributed by atoms with Crippen LogP contribution in [0.25, 0.3) is 43.4 Å². The Kier molecular flexibility index (Phi) is 12.6. The Labute approximate surface area is 366 Å². The van der Waals surface area contributed by atoms with Crippen molar-refractivity contribution >= 4 is 40.5 Å². The summed E-state index contributed by atoms with van der Waals surface area (Å²) in [5.41, 5.74) is 14.8. The fourth-order valence-corrected chi connectivity index (χ4v) is 7.47. The molecule has 6 aromatic heterocycles. The van der Waals surface area contributed by atoms with E-state index in [1.165, 1.54) is 12.1 Å². The number of guanidine groups is 1. The molecule has 1 amide bonds. The number of amides is 1. The number of nitrogens with one attached hydrogen (secondary N) is 4. The van der Waals surface area contributed by atoms with Crippen molar-refractivity contribution in [1.29, 1.82) is 10.5 Å². The second kappa shape index (κ2) is 19.2. The van der Waals surface area contributed by atoms with Gasteiger partial charge in [0.05, 0.1) is 51.8 Å². The number of ether oxygens (including phenoxy) is 2. The maximum absolute atomic E-state index is 12.3. The van der Waals surface area contributed by atoms with Crippen molar-refractivity contribution in [2.75, 3.05) is 0 Å². The zero-order valence-corrected chi connectivity index (χ0v) is 34.2. The van der Waals surface area contributed by atoms with Crippen LogP contribution in [0.15, 0.2) is 147 Å². The maximum atomic E-state index is 12.3. The van der Waals surface area contributed by atoms with Gasteiger partial charge in [0, 0.05) is 27.8 Å². The van der Waals surface area contributed by atoms with E-state index in [1.807, 2.05) is 47.2 Å². The van der Waals surface area contributed by atoms with Crippen LogP contribution >= 0.6 is 22.7 Å². The van der Waals surface area contributed by atoms with Gasteiger partial charge in [0.2, 0.25) is 17.7 Å². The molecule has 9 rings (SSSR count). The van der Waals surface area contributed by atoms with Gasteiger partial charge in [0.15, 0.2) is 0 Å². The molecule has 0 atom stereocenters. The summed E-state index contributed by atoms with van der Waals surface area (Å²) < 4.78 is 22.3. The van der Waals surface area contributed by atoms with E-state index in [0.717, 1.165) is 32.0 Å². The number of carbonyl (C=O) groups excluding carboxylic acids is 1. The van der Waals surface area contributed by atoms with Crippen LogP contribution in [0.2, 0.25) is 0 Å². The van der Waals surface area contributed by atoms with E-state index in [9.17, 15) is 20.1 Å². The largest absolute Gasteiger partial charge is 0.478 e. The van der Waals surface area contributed by atoms with Gasteiger partial charge in [0.1, 0.15) is 36.5 Å². The van der Waals surface area contributed by atoms with Crippen LogP contribution in [0.5, 0.6) is 11.8 Å². The summed E-state index contributed by atoms with van der Waals surface area (Å²) in [5, 5.41) is 39.0. The first-order valence-electron chi connectivity index (χ1n) is 18.7. The van der Waals surface area contributed by atoms with Crippen molar-refractivity contribution < 1.29 is 33.0 Å². The minimum atomic E-state index is -0.987. The number of hydrogen-bond acceptors (Lipinski definition) is 16. The first kappa shape index (κ1) is 41.2. The number of furan rings is 2. The van der Waals surface area contributed by atoms with Gasteiger partial charge < -0.3 is 23.4 Å². The van der Waals surface area contributed by atoms with Gasteiger partial charge in [-0.05, 0) is 82.6 Å². The highest BCUT2D eigenvalue weighted by Crippen LogP contribution is 2.37. The van der Waals surface area contributed by atoms with E-state index >= 15 is 0 Å². The Morgan fingerprint density at radius 2 is 1.22 bits per heavy atom. The number of pyridine rings is 2. The summed E-state index contributed by atoms with van der Waals surface area (Å²) in [6.07, 6.45) is 6.26. The molecule has 8 aromatic rings. The summed E-state index contributed by atoms with van der Waals surface area (Å²) in [7, 11) is 0. The van der Waals surface area contributed by atoms with Crippen molar-refractivity contribution in [3.8, 4) is 67.3 Å². The van der Waals surface area contributed by atoms with Gasteiger partial charge >= 0.3 is 5.97 Å². The topological polar surface area (TPSA) is 233 Å². The average Bonchev–Trinajstić information content (AvgIpc) is 4.18. The van der Waals surface area contributed by atoms with Crippen LogP contribution in [0, 0.1) is 22.7 Å². The molecule has 0 spiro atoms. The maximum Gasteiger partial charge on any atom is 0.335 e. The fraction of sp³-hybridized carbons (Fsp3) is 0.0444. The molecule has 5 N–H and O–H groups in total. The van der Waals surface area contributed by atoms with Crippen LogP contribution in [0.3, 0.4) is 0 Å². The molecule has 0 saturated carbocycles. The lowest BCUT2D eigenvalue weighted by Crippen LogP contribution is -2.43. The van der Waals surface area contributed by atoms with Crippen molar-refractivity contribution in [1.82, 2.24) is 31.8 Å². The number of carboxylic acids is 1. The monoisotopic (exact) mass is 873 g/mol. The summed E-state index contributed by atoms with van der Waals surface area (Å²) >= 11 is 3.09. The lowest BCUT2D eigenvalue weighted by molar-refractivity contribution is 0.0696. The predicted molar refractivity (Wildman–Crippen MR) is 233 cm³/mol. The van der Waals surface area contributed by atoms with E-state index < -0.39 is 5.97 Å². The van der Waals surface area contributed by atoms with Crippen molar-refractivity contribution in [2.45, 2.75) is 13.2 Å². The van der Waals surface area contributed by atoms with Gasteiger partial charge in [-0.25, -0.2) is 20.3 Å². The van der Waals surface area contributed by atoms with Crippen molar-refractivity contribution in [3.05, 3.63) is 166 Å². The summed E-state index contributed by atoms with van der Waals surface area (Å²) in [5.74, 6) is -0.578. The first-order valence-corrected chi connectivity index (χ1v) is 20.5. The molecule has 0 unspecified atom stereocenters. The van der Waals surface area contributed by atoms with Crippen LogP contribution in [0.1, 0.15) is 43.0 Å². The lowest BCUT2D eigenvalue weighted by atomic mass is 10.0. The van der Waals surface area contributed by atoms with E-state index in [0.29, 0.717) is 39.2 Å². The summed E-state index contributed by atoms with van der Waals surface area (Å²) in [6.45, 7) is 0.324. The Hall–Kier alpha value is -8.55. The molecule has 7 heterocycles. The number of aromatic carboxylic acids is 1. The Balaban J connectivity index is 0.000000175. The first-order chi connectivity index (χ1) is 30.9. The minimum absolute atomic E-state index is 0.153. The molecule has 16 nitrogen and oxygen atoms in total. The number of carboxylic acid groups (broad SMARTS) is 1. The highest BCUT2D eigenvalue weighted by Gasteiger charge is 2.20. The SMILES string of the molecule is N#Cc1c(-c2ccoc2)cc(-c2cccs2)nc1OCc1ccc(C(=O)NC2=NNNN2)cc1.N#Cc1c(-c2ccoc2)cc(-c2cccs2)nc1OCc1ccc(C(=O)O)cc1. The number of carbonyl (C=O) groups is 2. The van der Waals surface area contributed by atoms with E-state index in [1.54, 1.807) is 96.3 Å². The number of rotatable bonds is 12. The van der Waals surface area contributed by atoms with E-state index in [2.05, 4.69) is 49.0 Å². The van der Waals surface area contributed by atoms with Gasteiger partial charge in [-0.1, -0.05) is 36.4 Å². The van der Waals surface area contributed by atoms with Crippen molar-refractivity contribution in [2.24, 2.45) is 5.10 Å². The second-order valence-electron chi connectivity index (χ2n) is 13.2. The lowest BCUT2D eigenvalue weighted by Gasteiger charge is -2.12. The summed E-state index contributed by atoms with van der Waals surface area (Å²) in [6, 6.07) is 32.8. The number of hydrazone groups is 1. The quantitative estimate of drug-likeness (QED) is 0.0777. The molecule has 310 valence electrons. The smallest absolute Gasteiger partial charge is 0.335 e. The molecule has 0 fully saturated rings. The normalized spacial score (nSPS) is 11.4. The number of nitrogens with zero attached hydrogens (tertiary/aromatic N) is 5. The van der Waals surface area contributed by atoms with Gasteiger partial charge in [-0.15, -0.1) is 33.3 Å². The third-order valence-corrected chi connectivity index (χ3v) is 11.0. The molecule has 63 heavy (non-hydrogen) atoms. The number of aromatic nitrogens is 2. The van der Waals surface area contributed by atoms with Crippen LogP contribution in [0.4, 0.5) is 0 Å². The van der Waals surface area contributed by atoms with Gasteiger partial charge in [0.25, 0.3) is 5.91 Å². The van der Waals surface area contributed by atoms with Gasteiger partial charge in [-0.3, -0.25) is 15.5 Å². The zero-order chi connectivity index (χ0) is 43.5. The molecule has 0 radical (unpaired) electrons. The van der Waals surface area contributed by atoms with E-state index in [4.69, 9.17) is 23.4 Å².